The Bertz CT molecular complexity index is 649. The first-order valence-corrected chi connectivity index (χ1v) is 7.97. The first kappa shape index (κ1) is 15.5. The van der Waals surface area contributed by atoms with Crippen LogP contribution >= 0.6 is 47.8 Å². The highest BCUT2D eigenvalue weighted by Gasteiger charge is 2.22. The second-order valence-electron chi connectivity index (χ2n) is 4.01. The molecular formula is C13H10Br3N3O. The van der Waals surface area contributed by atoms with Crippen molar-refractivity contribution >= 4 is 59.4 Å². The number of hydrogen-bond donors (Lipinski definition) is 2. The van der Waals surface area contributed by atoms with E-state index < -0.39 is 11.9 Å². The molecule has 1 unspecified atom stereocenters. The van der Waals surface area contributed by atoms with Gasteiger partial charge in [-0.2, -0.15) is 0 Å². The number of rotatable bonds is 4. The highest BCUT2D eigenvalue weighted by Crippen LogP contribution is 2.27. The molecule has 1 heterocycles. The summed E-state index contributed by atoms with van der Waals surface area (Å²) in [6.45, 7) is 0. The standard InChI is InChI=1S/C13H10Br3N3O/c14-7-2-1-3-9(4-7)19-12(13(17)20)11-10(16)5-8(15)6-18-11/h1-6,12,19H,(H2,17,20). The van der Waals surface area contributed by atoms with Crippen LogP contribution in [0.4, 0.5) is 5.69 Å². The highest BCUT2D eigenvalue weighted by molar-refractivity contribution is 9.11. The average molecular weight is 464 g/mol. The second kappa shape index (κ2) is 6.69. The first-order valence-electron chi connectivity index (χ1n) is 5.59. The Kier molecular flexibility index (Phi) is 5.17. The second-order valence-corrected chi connectivity index (χ2v) is 6.70. The summed E-state index contributed by atoms with van der Waals surface area (Å²) in [5.41, 5.74) is 6.80. The zero-order chi connectivity index (χ0) is 14.7. The van der Waals surface area contributed by atoms with E-state index in [-0.39, 0.29) is 0 Å². The van der Waals surface area contributed by atoms with Gasteiger partial charge in [0.25, 0.3) is 0 Å². The van der Waals surface area contributed by atoms with Crippen molar-refractivity contribution in [2.75, 3.05) is 5.32 Å². The Morgan fingerprint density at radius 3 is 2.55 bits per heavy atom. The zero-order valence-electron chi connectivity index (χ0n) is 10.1. The Balaban J connectivity index is 2.34. The van der Waals surface area contributed by atoms with Gasteiger partial charge in [-0.05, 0) is 56.1 Å². The van der Waals surface area contributed by atoms with E-state index >= 15 is 0 Å². The van der Waals surface area contributed by atoms with E-state index in [1.807, 2.05) is 30.3 Å². The minimum absolute atomic E-state index is 0.500. The number of carbonyl (C=O) groups excluding carboxylic acids is 1. The number of amides is 1. The Morgan fingerprint density at radius 1 is 1.20 bits per heavy atom. The van der Waals surface area contributed by atoms with Crippen molar-refractivity contribution in [2.45, 2.75) is 6.04 Å². The molecule has 1 aromatic heterocycles. The number of pyridine rings is 1. The molecule has 0 radical (unpaired) electrons. The predicted octanol–water partition coefficient (Wildman–Crippen LogP) is 4.01. The molecule has 1 atom stereocenters. The Labute approximate surface area is 141 Å². The fourth-order valence-corrected chi connectivity index (χ4v) is 3.27. The van der Waals surface area contributed by atoms with Crippen molar-refractivity contribution in [3.63, 3.8) is 0 Å². The molecule has 0 spiro atoms. The van der Waals surface area contributed by atoms with Crippen molar-refractivity contribution in [1.82, 2.24) is 4.98 Å². The summed E-state index contributed by atoms with van der Waals surface area (Å²) < 4.78 is 2.44. The smallest absolute Gasteiger partial charge is 0.246 e. The van der Waals surface area contributed by atoms with Gasteiger partial charge < -0.3 is 11.1 Å². The maximum atomic E-state index is 11.7. The molecule has 20 heavy (non-hydrogen) atoms. The van der Waals surface area contributed by atoms with Gasteiger partial charge in [-0.3, -0.25) is 9.78 Å². The molecule has 3 N–H and O–H groups in total. The van der Waals surface area contributed by atoms with Gasteiger partial charge in [-0.25, -0.2) is 0 Å². The van der Waals surface area contributed by atoms with Gasteiger partial charge in [0, 0.05) is 25.3 Å². The average Bonchev–Trinajstić information content (AvgIpc) is 2.36. The molecule has 0 fully saturated rings. The van der Waals surface area contributed by atoms with Crippen LogP contribution in [-0.2, 0) is 4.79 Å². The van der Waals surface area contributed by atoms with Gasteiger partial charge in [0.2, 0.25) is 5.91 Å². The number of halogens is 3. The third kappa shape index (κ3) is 3.80. The molecule has 4 nitrogen and oxygen atoms in total. The number of primary amides is 1. The number of aromatic nitrogens is 1. The number of benzene rings is 1. The van der Waals surface area contributed by atoms with Crippen LogP contribution < -0.4 is 11.1 Å². The highest BCUT2D eigenvalue weighted by atomic mass is 79.9. The zero-order valence-corrected chi connectivity index (χ0v) is 14.9. The number of nitrogens with zero attached hydrogens (tertiary/aromatic N) is 1. The van der Waals surface area contributed by atoms with E-state index in [0.29, 0.717) is 10.2 Å². The van der Waals surface area contributed by atoms with Crippen molar-refractivity contribution in [2.24, 2.45) is 5.73 Å². The van der Waals surface area contributed by atoms with Crippen LogP contribution in [0, 0.1) is 0 Å². The van der Waals surface area contributed by atoms with Gasteiger partial charge in [-0.1, -0.05) is 22.0 Å². The SMILES string of the molecule is NC(=O)C(Nc1cccc(Br)c1)c1ncc(Br)cc1Br. The Hall–Kier alpha value is -0.920. The minimum Gasteiger partial charge on any atom is -0.369 e. The number of nitrogens with one attached hydrogen (secondary N) is 1. The summed E-state index contributed by atoms with van der Waals surface area (Å²) in [6.07, 6.45) is 1.62. The van der Waals surface area contributed by atoms with Gasteiger partial charge >= 0.3 is 0 Å². The third-order valence-corrected chi connectivity index (χ3v) is 4.09. The molecule has 1 amide bonds. The molecule has 0 saturated heterocycles. The molecular weight excluding hydrogens is 454 g/mol. The quantitative estimate of drug-likeness (QED) is 0.720. The summed E-state index contributed by atoms with van der Waals surface area (Å²) >= 11 is 10.1. The lowest BCUT2D eigenvalue weighted by Gasteiger charge is -2.17. The lowest BCUT2D eigenvalue weighted by Crippen LogP contribution is -2.28. The largest absolute Gasteiger partial charge is 0.369 e. The van der Waals surface area contributed by atoms with Crippen molar-refractivity contribution < 1.29 is 4.79 Å². The minimum atomic E-state index is -0.716. The molecule has 0 bridgehead atoms. The summed E-state index contributed by atoms with van der Waals surface area (Å²) in [5, 5.41) is 3.08. The van der Waals surface area contributed by atoms with Crippen molar-refractivity contribution in [1.29, 1.82) is 0 Å². The van der Waals surface area contributed by atoms with Crippen LogP contribution in [0.5, 0.6) is 0 Å². The monoisotopic (exact) mass is 461 g/mol. The summed E-state index contributed by atoms with van der Waals surface area (Å²) in [5.74, 6) is -0.500. The molecule has 0 saturated carbocycles. The van der Waals surface area contributed by atoms with Gasteiger partial charge in [-0.15, -0.1) is 0 Å². The van der Waals surface area contributed by atoms with E-state index in [2.05, 4.69) is 58.1 Å². The van der Waals surface area contributed by atoms with Gasteiger partial charge in [0.05, 0.1) is 5.69 Å². The van der Waals surface area contributed by atoms with E-state index in [0.717, 1.165) is 14.6 Å². The molecule has 0 aliphatic carbocycles. The maximum absolute atomic E-state index is 11.7. The normalized spacial score (nSPS) is 11.9. The number of anilines is 1. The molecule has 2 aromatic rings. The van der Waals surface area contributed by atoms with E-state index in [9.17, 15) is 4.79 Å². The molecule has 1 aromatic carbocycles. The van der Waals surface area contributed by atoms with Crippen LogP contribution in [0.3, 0.4) is 0 Å². The summed E-state index contributed by atoms with van der Waals surface area (Å²) in [7, 11) is 0. The van der Waals surface area contributed by atoms with Gasteiger partial charge in [0.1, 0.15) is 6.04 Å². The topological polar surface area (TPSA) is 68.0 Å². The summed E-state index contributed by atoms with van der Waals surface area (Å²) in [4.78, 5) is 16.0. The maximum Gasteiger partial charge on any atom is 0.246 e. The molecule has 0 aliphatic heterocycles. The van der Waals surface area contributed by atoms with Crippen LogP contribution in [0.2, 0.25) is 0 Å². The van der Waals surface area contributed by atoms with Crippen molar-refractivity contribution in [3.8, 4) is 0 Å². The predicted molar refractivity (Wildman–Crippen MR) is 89.3 cm³/mol. The molecule has 0 aliphatic rings. The first-order chi connectivity index (χ1) is 9.47. The number of nitrogens with two attached hydrogens (primary N) is 1. The number of hydrogen-bond acceptors (Lipinski definition) is 3. The third-order valence-electron chi connectivity index (χ3n) is 2.53. The Morgan fingerprint density at radius 2 is 1.95 bits per heavy atom. The van der Waals surface area contributed by atoms with Gasteiger partial charge in [0.15, 0.2) is 0 Å². The van der Waals surface area contributed by atoms with Crippen LogP contribution in [0.15, 0.2) is 49.9 Å². The van der Waals surface area contributed by atoms with Crippen LogP contribution in [0.1, 0.15) is 11.7 Å². The van der Waals surface area contributed by atoms with E-state index in [4.69, 9.17) is 5.73 Å². The van der Waals surface area contributed by atoms with E-state index in [1.54, 1.807) is 6.20 Å². The summed E-state index contributed by atoms with van der Waals surface area (Å²) in [6, 6.07) is 8.59. The molecule has 104 valence electrons. The lowest BCUT2D eigenvalue weighted by atomic mass is 10.1. The molecule has 2 rings (SSSR count). The fraction of sp³-hybridized carbons (Fsp3) is 0.0769. The molecule has 7 heteroatoms. The van der Waals surface area contributed by atoms with E-state index in [1.165, 1.54) is 0 Å². The lowest BCUT2D eigenvalue weighted by molar-refractivity contribution is -0.118. The fourth-order valence-electron chi connectivity index (χ4n) is 1.66. The van der Waals surface area contributed by atoms with Crippen molar-refractivity contribution in [3.05, 3.63) is 55.6 Å². The number of carbonyl (C=O) groups is 1. The van der Waals surface area contributed by atoms with Crippen LogP contribution in [0.25, 0.3) is 0 Å². The van der Waals surface area contributed by atoms with Crippen LogP contribution in [-0.4, -0.2) is 10.9 Å².